The van der Waals surface area contributed by atoms with Crippen molar-refractivity contribution in [1.29, 1.82) is 0 Å². The summed E-state index contributed by atoms with van der Waals surface area (Å²) in [6.45, 7) is 5.48. The van der Waals surface area contributed by atoms with Crippen molar-refractivity contribution in [3.8, 4) is 0 Å². The average molecular weight is 451 g/mol. The first kappa shape index (κ1) is 20.2. The lowest BCUT2D eigenvalue weighted by Gasteiger charge is -2.20. The summed E-state index contributed by atoms with van der Waals surface area (Å²) in [6.07, 6.45) is 2.94. The van der Waals surface area contributed by atoms with Crippen molar-refractivity contribution < 1.29 is 8.42 Å². The molecular weight excluding hydrogens is 425 g/mol. The monoisotopic (exact) mass is 451 g/mol. The molecule has 1 heterocycles. The maximum absolute atomic E-state index is 12.2. The topological polar surface area (TPSA) is 61.8 Å². The minimum Gasteiger partial charge on any atom is -0.357 e. The van der Waals surface area contributed by atoms with Crippen molar-refractivity contribution in [2.75, 3.05) is 31.9 Å². The van der Waals surface area contributed by atoms with E-state index in [0.29, 0.717) is 17.9 Å². The van der Waals surface area contributed by atoms with E-state index in [1.54, 1.807) is 24.3 Å². The molecule has 0 aromatic heterocycles. The van der Waals surface area contributed by atoms with Gasteiger partial charge in [0.1, 0.15) is 0 Å². The van der Waals surface area contributed by atoms with Crippen LogP contribution in [0.4, 0.5) is 0 Å². The molecule has 0 amide bonds. The summed E-state index contributed by atoms with van der Waals surface area (Å²) in [4.78, 5) is 7.20. The summed E-state index contributed by atoms with van der Waals surface area (Å²) in [6, 6.07) is 8.62. The zero-order chi connectivity index (χ0) is 15.8. The summed E-state index contributed by atoms with van der Waals surface area (Å²) in [5, 5.41) is 3.28. The first-order chi connectivity index (χ1) is 10.6. The smallest absolute Gasteiger partial charge is 0.193 e. The van der Waals surface area contributed by atoms with Gasteiger partial charge in [-0.05, 0) is 38.3 Å². The van der Waals surface area contributed by atoms with Gasteiger partial charge >= 0.3 is 0 Å². The van der Waals surface area contributed by atoms with E-state index in [0.717, 1.165) is 25.6 Å². The quantitative estimate of drug-likeness (QED) is 0.313. The number of likely N-dealkylation sites (tertiary alicyclic amines) is 1. The van der Waals surface area contributed by atoms with Crippen LogP contribution in [0.25, 0.3) is 0 Å². The van der Waals surface area contributed by atoms with Gasteiger partial charge in [-0.2, -0.15) is 0 Å². The van der Waals surface area contributed by atoms with E-state index in [2.05, 4.69) is 15.2 Å². The fourth-order valence-electron chi connectivity index (χ4n) is 2.54. The third-order valence-corrected chi connectivity index (χ3v) is 5.49. The van der Waals surface area contributed by atoms with Crippen LogP contribution < -0.4 is 5.32 Å². The number of benzene rings is 1. The van der Waals surface area contributed by atoms with Crippen LogP contribution in [0.2, 0.25) is 0 Å². The zero-order valence-electron chi connectivity index (χ0n) is 13.6. The number of aliphatic imine (C=N–C) groups is 1. The molecule has 1 aromatic rings. The van der Waals surface area contributed by atoms with Gasteiger partial charge in [0.05, 0.1) is 10.6 Å². The van der Waals surface area contributed by atoms with Crippen molar-refractivity contribution in [2.24, 2.45) is 4.99 Å². The van der Waals surface area contributed by atoms with Crippen molar-refractivity contribution in [3.05, 3.63) is 30.3 Å². The summed E-state index contributed by atoms with van der Waals surface area (Å²) in [5.74, 6) is 1.05. The number of halogens is 1. The molecule has 1 aliphatic heterocycles. The lowest BCUT2D eigenvalue weighted by atomic mass is 10.4. The molecule has 0 radical (unpaired) electrons. The van der Waals surface area contributed by atoms with Crippen LogP contribution in [0.15, 0.2) is 40.2 Å². The van der Waals surface area contributed by atoms with Crippen LogP contribution in [0.3, 0.4) is 0 Å². The molecular formula is C16H26IN3O2S. The lowest BCUT2D eigenvalue weighted by Crippen LogP contribution is -2.39. The van der Waals surface area contributed by atoms with E-state index in [1.807, 2.05) is 13.0 Å². The van der Waals surface area contributed by atoms with Crippen molar-refractivity contribution in [3.63, 3.8) is 0 Å². The van der Waals surface area contributed by atoms with E-state index in [-0.39, 0.29) is 29.7 Å². The molecule has 1 aromatic carbocycles. The highest BCUT2D eigenvalue weighted by molar-refractivity contribution is 14.0. The Morgan fingerprint density at radius 3 is 2.48 bits per heavy atom. The standard InChI is InChI=1S/C16H25N3O2S.HI/c1-2-17-16(19-12-6-7-13-19)18-11-8-14-22(20,21)15-9-4-3-5-10-15;/h3-5,9-10H,2,6-8,11-14H2,1H3,(H,17,18);1H. The number of hydrogen-bond donors (Lipinski definition) is 1. The molecule has 1 saturated heterocycles. The van der Waals surface area contributed by atoms with Crippen molar-refractivity contribution >= 4 is 39.8 Å². The third kappa shape index (κ3) is 6.29. The minimum atomic E-state index is -3.19. The van der Waals surface area contributed by atoms with Crippen LogP contribution in [-0.2, 0) is 9.84 Å². The average Bonchev–Trinajstić information content (AvgIpc) is 3.05. The van der Waals surface area contributed by atoms with Crippen molar-refractivity contribution in [1.82, 2.24) is 10.2 Å². The second-order valence-corrected chi connectivity index (χ2v) is 7.52. The summed E-state index contributed by atoms with van der Waals surface area (Å²) in [7, 11) is -3.19. The largest absolute Gasteiger partial charge is 0.357 e. The predicted molar refractivity (Wildman–Crippen MR) is 105 cm³/mol. The Labute approximate surface area is 156 Å². The molecule has 130 valence electrons. The van der Waals surface area contributed by atoms with Gasteiger partial charge in [0.2, 0.25) is 0 Å². The van der Waals surface area contributed by atoms with Gasteiger partial charge < -0.3 is 10.2 Å². The van der Waals surface area contributed by atoms with E-state index < -0.39 is 9.84 Å². The zero-order valence-corrected chi connectivity index (χ0v) is 16.7. The van der Waals surface area contributed by atoms with Crippen LogP contribution >= 0.6 is 24.0 Å². The van der Waals surface area contributed by atoms with Crippen molar-refractivity contribution in [2.45, 2.75) is 31.1 Å². The Morgan fingerprint density at radius 2 is 1.87 bits per heavy atom. The van der Waals surface area contributed by atoms with Gasteiger partial charge in [0, 0.05) is 26.2 Å². The number of sulfone groups is 1. The van der Waals surface area contributed by atoms with Gasteiger partial charge in [-0.3, -0.25) is 4.99 Å². The molecule has 2 rings (SSSR count). The number of rotatable bonds is 6. The Morgan fingerprint density at radius 1 is 1.22 bits per heavy atom. The minimum absolute atomic E-state index is 0. The van der Waals surface area contributed by atoms with Crippen LogP contribution in [0, 0.1) is 0 Å². The normalized spacial score (nSPS) is 15.3. The fourth-order valence-corrected chi connectivity index (χ4v) is 3.86. The number of guanidine groups is 1. The maximum atomic E-state index is 12.2. The van der Waals surface area contributed by atoms with E-state index in [1.165, 1.54) is 12.8 Å². The molecule has 1 fully saturated rings. The van der Waals surface area contributed by atoms with Gasteiger partial charge in [-0.15, -0.1) is 24.0 Å². The highest BCUT2D eigenvalue weighted by atomic mass is 127. The Kier molecular flexibility index (Phi) is 8.90. The predicted octanol–water partition coefficient (Wildman–Crippen LogP) is 2.53. The van der Waals surface area contributed by atoms with E-state index in [4.69, 9.17) is 0 Å². The highest BCUT2D eigenvalue weighted by Gasteiger charge is 2.16. The molecule has 0 saturated carbocycles. The number of hydrogen-bond acceptors (Lipinski definition) is 3. The summed E-state index contributed by atoms with van der Waals surface area (Å²) >= 11 is 0. The first-order valence-electron chi connectivity index (χ1n) is 7.94. The second-order valence-electron chi connectivity index (χ2n) is 5.42. The molecule has 0 aliphatic carbocycles. The van der Waals surface area contributed by atoms with Gasteiger partial charge in [-0.25, -0.2) is 8.42 Å². The Bertz CT molecular complexity index is 585. The molecule has 1 aliphatic rings. The molecule has 1 N–H and O–H groups in total. The molecule has 0 atom stereocenters. The van der Waals surface area contributed by atoms with Gasteiger partial charge in [0.15, 0.2) is 15.8 Å². The highest BCUT2D eigenvalue weighted by Crippen LogP contribution is 2.11. The second kappa shape index (κ2) is 10.1. The van der Waals surface area contributed by atoms with Crippen LogP contribution in [0.5, 0.6) is 0 Å². The van der Waals surface area contributed by atoms with Crippen LogP contribution in [0.1, 0.15) is 26.2 Å². The third-order valence-electron chi connectivity index (χ3n) is 3.68. The Balaban J connectivity index is 0.00000264. The molecule has 0 unspecified atom stereocenters. The molecule has 0 bridgehead atoms. The first-order valence-corrected chi connectivity index (χ1v) is 9.60. The van der Waals surface area contributed by atoms with Gasteiger partial charge in [0.25, 0.3) is 0 Å². The molecule has 5 nitrogen and oxygen atoms in total. The summed E-state index contributed by atoms with van der Waals surface area (Å²) in [5.41, 5.74) is 0. The van der Waals surface area contributed by atoms with E-state index in [9.17, 15) is 8.42 Å². The van der Waals surface area contributed by atoms with E-state index >= 15 is 0 Å². The van der Waals surface area contributed by atoms with Crippen LogP contribution in [-0.4, -0.2) is 51.2 Å². The fraction of sp³-hybridized carbons (Fsp3) is 0.562. The Hall–Kier alpha value is -0.830. The molecule has 0 spiro atoms. The summed E-state index contributed by atoms with van der Waals surface area (Å²) < 4.78 is 24.4. The lowest BCUT2D eigenvalue weighted by molar-refractivity contribution is 0.493. The van der Waals surface area contributed by atoms with Gasteiger partial charge in [-0.1, -0.05) is 18.2 Å². The molecule has 23 heavy (non-hydrogen) atoms. The SMILES string of the molecule is CCNC(=NCCCS(=O)(=O)c1ccccc1)N1CCCC1.I. The molecule has 7 heteroatoms. The maximum Gasteiger partial charge on any atom is 0.193 e. The number of nitrogens with one attached hydrogen (secondary N) is 1. The number of nitrogens with zero attached hydrogens (tertiary/aromatic N) is 2.